The maximum atomic E-state index is 11.7. The summed E-state index contributed by atoms with van der Waals surface area (Å²) in [6.07, 6.45) is 2.29. The molecule has 144 valence electrons. The zero-order valence-electron chi connectivity index (χ0n) is 15.9. The molecule has 0 aliphatic carbocycles. The lowest BCUT2D eigenvalue weighted by molar-refractivity contribution is 0.100. The Kier molecular flexibility index (Phi) is 5.17. The summed E-state index contributed by atoms with van der Waals surface area (Å²) in [5.74, 6) is 1.98. The molecule has 1 aromatic heterocycles. The Morgan fingerprint density at radius 3 is 2.68 bits per heavy atom. The van der Waals surface area contributed by atoms with Crippen LogP contribution >= 0.6 is 0 Å². The van der Waals surface area contributed by atoms with Gasteiger partial charge in [0.25, 0.3) is 0 Å². The van der Waals surface area contributed by atoms with Crippen LogP contribution in [0.3, 0.4) is 0 Å². The van der Waals surface area contributed by atoms with E-state index >= 15 is 0 Å². The molecule has 0 bridgehead atoms. The predicted molar refractivity (Wildman–Crippen MR) is 108 cm³/mol. The van der Waals surface area contributed by atoms with Crippen molar-refractivity contribution < 1.29 is 13.9 Å². The maximum absolute atomic E-state index is 11.7. The average molecular weight is 376 g/mol. The third kappa shape index (κ3) is 3.66. The number of furan rings is 1. The van der Waals surface area contributed by atoms with E-state index in [2.05, 4.69) is 17.0 Å². The van der Waals surface area contributed by atoms with Crippen molar-refractivity contribution in [1.29, 1.82) is 0 Å². The molecule has 2 heterocycles. The second-order valence-electron chi connectivity index (χ2n) is 7.08. The Morgan fingerprint density at radius 1 is 1.14 bits per heavy atom. The number of ether oxygens (including phenoxy) is 1. The largest absolute Gasteiger partial charge is 0.497 e. The highest BCUT2D eigenvalue weighted by Crippen LogP contribution is 2.35. The van der Waals surface area contributed by atoms with Crippen LogP contribution < -0.4 is 10.5 Å². The van der Waals surface area contributed by atoms with Crippen LogP contribution in [0.4, 0.5) is 0 Å². The average Bonchev–Trinajstić information content (AvgIpc) is 3.38. The number of nitrogens with two attached hydrogens (primary N) is 1. The number of amides is 1. The van der Waals surface area contributed by atoms with E-state index < -0.39 is 5.91 Å². The number of carbonyl (C=O) groups excluding carboxylic acids is 1. The number of benzene rings is 2. The standard InChI is InChI=1S/C23H24N2O3/c1-27-17-10-8-16(9-11-17)21-7-4-14-25(21)15-18-12-13-22(28-18)19-5-2-3-6-20(19)23(24)26/h2-3,5-6,8-13,21H,4,7,14-15H2,1H3,(H2,24,26). The number of nitrogens with zero attached hydrogens (tertiary/aromatic N) is 1. The fraction of sp³-hybridized carbons (Fsp3) is 0.261. The normalized spacial score (nSPS) is 17.0. The van der Waals surface area contributed by atoms with E-state index in [4.69, 9.17) is 14.9 Å². The van der Waals surface area contributed by atoms with Gasteiger partial charge in [-0.3, -0.25) is 9.69 Å². The summed E-state index contributed by atoms with van der Waals surface area (Å²) in [7, 11) is 1.68. The van der Waals surface area contributed by atoms with Crippen LogP contribution in [0.5, 0.6) is 5.75 Å². The molecule has 1 unspecified atom stereocenters. The molecule has 1 fully saturated rings. The number of methoxy groups -OCH3 is 1. The molecule has 1 atom stereocenters. The van der Waals surface area contributed by atoms with E-state index in [0.717, 1.165) is 43.0 Å². The molecule has 2 aromatic carbocycles. The lowest BCUT2D eigenvalue weighted by Gasteiger charge is -2.24. The van der Waals surface area contributed by atoms with Gasteiger partial charge in [-0.2, -0.15) is 0 Å². The van der Waals surface area contributed by atoms with E-state index in [1.165, 1.54) is 5.56 Å². The Labute approximate surface area is 164 Å². The zero-order chi connectivity index (χ0) is 19.5. The lowest BCUT2D eigenvalue weighted by Crippen LogP contribution is -2.22. The van der Waals surface area contributed by atoms with Crippen LogP contribution in [0, 0.1) is 0 Å². The first-order valence-corrected chi connectivity index (χ1v) is 9.51. The monoisotopic (exact) mass is 376 g/mol. The summed E-state index contributed by atoms with van der Waals surface area (Å²) in [6, 6.07) is 19.8. The minimum absolute atomic E-state index is 0.373. The number of carbonyl (C=O) groups is 1. The Bertz CT molecular complexity index is 962. The molecule has 1 aliphatic rings. The van der Waals surface area contributed by atoms with E-state index in [1.807, 2.05) is 36.4 Å². The first kappa shape index (κ1) is 18.3. The number of rotatable bonds is 6. The first-order valence-electron chi connectivity index (χ1n) is 9.51. The molecule has 5 nitrogen and oxygen atoms in total. The fourth-order valence-electron chi connectivity index (χ4n) is 3.94. The molecule has 4 rings (SSSR count). The highest BCUT2D eigenvalue weighted by atomic mass is 16.5. The van der Waals surface area contributed by atoms with Crippen molar-refractivity contribution >= 4 is 5.91 Å². The Morgan fingerprint density at radius 2 is 1.93 bits per heavy atom. The van der Waals surface area contributed by atoms with Crippen LogP contribution in [0.25, 0.3) is 11.3 Å². The van der Waals surface area contributed by atoms with Crippen molar-refractivity contribution in [3.63, 3.8) is 0 Å². The smallest absolute Gasteiger partial charge is 0.249 e. The first-order chi connectivity index (χ1) is 13.7. The quantitative estimate of drug-likeness (QED) is 0.693. The minimum atomic E-state index is -0.451. The van der Waals surface area contributed by atoms with Crippen molar-refractivity contribution in [1.82, 2.24) is 4.90 Å². The third-order valence-corrected chi connectivity index (χ3v) is 5.34. The van der Waals surface area contributed by atoms with Gasteiger partial charge in [-0.1, -0.05) is 30.3 Å². The maximum Gasteiger partial charge on any atom is 0.249 e. The molecule has 0 spiro atoms. The molecular weight excluding hydrogens is 352 g/mol. The van der Waals surface area contributed by atoms with Gasteiger partial charge in [-0.15, -0.1) is 0 Å². The summed E-state index contributed by atoms with van der Waals surface area (Å²) in [5.41, 5.74) is 8.00. The number of hydrogen-bond acceptors (Lipinski definition) is 4. The topological polar surface area (TPSA) is 68.7 Å². The van der Waals surface area contributed by atoms with Gasteiger partial charge >= 0.3 is 0 Å². The van der Waals surface area contributed by atoms with E-state index in [-0.39, 0.29) is 0 Å². The third-order valence-electron chi connectivity index (χ3n) is 5.34. The number of primary amides is 1. The molecular formula is C23H24N2O3. The van der Waals surface area contributed by atoms with Crippen LogP contribution in [0.2, 0.25) is 0 Å². The Hall–Kier alpha value is -3.05. The number of likely N-dealkylation sites (tertiary alicyclic amines) is 1. The molecule has 3 aromatic rings. The van der Waals surface area contributed by atoms with Gasteiger partial charge < -0.3 is 14.9 Å². The highest BCUT2D eigenvalue weighted by molar-refractivity contribution is 5.99. The van der Waals surface area contributed by atoms with Crippen LogP contribution in [-0.4, -0.2) is 24.5 Å². The van der Waals surface area contributed by atoms with Crippen molar-refractivity contribution in [2.75, 3.05) is 13.7 Å². The van der Waals surface area contributed by atoms with Gasteiger partial charge in [0.1, 0.15) is 17.3 Å². The summed E-state index contributed by atoms with van der Waals surface area (Å²) in [6.45, 7) is 1.76. The summed E-state index contributed by atoms with van der Waals surface area (Å²) in [5, 5.41) is 0. The molecule has 0 radical (unpaired) electrons. The molecule has 28 heavy (non-hydrogen) atoms. The van der Waals surface area contributed by atoms with Gasteiger partial charge in [-0.05, 0) is 55.3 Å². The predicted octanol–water partition coefficient (Wildman–Crippen LogP) is 4.39. The summed E-state index contributed by atoms with van der Waals surface area (Å²) in [4.78, 5) is 14.1. The van der Waals surface area contributed by atoms with E-state index in [0.29, 0.717) is 17.4 Å². The van der Waals surface area contributed by atoms with Gasteiger partial charge in [0, 0.05) is 11.6 Å². The molecule has 1 saturated heterocycles. The van der Waals surface area contributed by atoms with E-state index in [1.54, 1.807) is 19.2 Å². The fourth-order valence-corrected chi connectivity index (χ4v) is 3.94. The second-order valence-corrected chi connectivity index (χ2v) is 7.08. The van der Waals surface area contributed by atoms with Crippen molar-refractivity contribution in [2.24, 2.45) is 5.73 Å². The second kappa shape index (κ2) is 7.90. The van der Waals surface area contributed by atoms with Gasteiger partial charge in [0.15, 0.2) is 0 Å². The molecule has 1 aliphatic heterocycles. The van der Waals surface area contributed by atoms with E-state index in [9.17, 15) is 4.79 Å². The summed E-state index contributed by atoms with van der Waals surface area (Å²) >= 11 is 0. The van der Waals surface area contributed by atoms with Crippen molar-refractivity contribution in [3.8, 4) is 17.1 Å². The molecule has 0 saturated carbocycles. The minimum Gasteiger partial charge on any atom is -0.497 e. The Balaban J connectivity index is 1.52. The van der Waals surface area contributed by atoms with Crippen molar-refractivity contribution in [2.45, 2.75) is 25.4 Å². The van der Waals surface area contributed by atoms with Crippen LogP contribution in [0.15, 0.2) is 65.1 Å². The molecule has 5 heteroatoms. The van der Waals surface area contributed by atoms with Crippen LogP contribution in [-0.2, 0) is 6.54 Å². The summed E-state index contributed by atoms with van der Waals surface area (Å²) < 4.78 is 11.3. The highest BCUT2D eigenvalue weighted by Gasteiger charge is 2.27. The lowest BCUT2D eigenvalue weighted by atomic mass is 10.0. The van der Waals surface area contributed by atoms with Gasteiger partial charge in [0.2, 0.25) is 5.91 Å². The number of hydrogen-bond donors (Lipinski definition) is 1. The SMILES string of the molecule is COc1ccc(C2CCCN2Cc2ccc(-c3ccccc3C(N)=O)o2)cc1. The van der Waals surface area contributed by atoms with Gasteiger partial charge in [-0.25, -0.2) is 0 Å². The molecule has 2 N–H and O–H groups in total. The zero-order valence-corrected chi connectivity index (χ0v) is 15.9. The van der Waals surface area contributed by atoms with Gasteiger partial charge in [0.05, 0.1) is 19.2 Å². The van der Waals surface area contributed by atoms with Crippen molar-refractivity contribution in [3.05, 3.63) is 77.6 Å². The van der Waals surface area contributed by atoms with Crippen LogP contribution in [0.1, 0.15) is 40.6 Å². The molecule has 1 amide bonds.